The van der Waals surface area contributed by atoms with E-state index in [0.29, 0.717) is 5.69 Å². The monoisotopic (exact) mass is 279 g/mol. The molecule has 0 aliphatic carbocycles. The Labute approximate surface area is 110 Å². The first-order valence-electron chi connectivity index (χ1n) is 4.96. The zero-order valence-electron chi connectivity index (χ0n) is 8.85. The van der Waals surface area contributed by atoms with Gasteiger partial charge in [0, 0.05) is 5.39 Å². The molecule has 0 unspecified atom stereocenters. The van der Waals surface area contributed by atoms with Crippen LogP contribution in [0.5, 0.6) is 0 Å². The summed E-state index contributed by atoms with van der Waals surface area (Å²) in [6.45, 7) is 0. The molecule has 0 atom stereocenters. The number of rotatable bonds is 2. The highest BCUT2D eigenvalue weighted by Crippen LogP contribution is 2.22. The van der Waals surface area contributed by atoms with Crippen molar-refractivity contribution >= 4 is 45.4 Å². The molecule has 18 heavy (non-hydrogen) atoms. The van der Waals surface area contributed by atoms with Crippen molar-refractivity contribution in [1.29, 1.82) is 0 Å². The number of carbonyl (C=O) groups excluding carboxylic acids is 1. The van der Waals surface area contributed by atoms with Crippen molar-refractivity contribution in [3.63, 3.8) is 0 Å². The van der Waals surface area contributed by atoms with Crippen LogP contribution in [0.4, 0.5) is 5.69 Å². The third-order valence-electron chi connectivity index (χ3n) is 2.33. The van der Waals surface area contributed by atoms with E-state index in [0.717, 1.165) is 22.2 Å². The molecule has 6 nitrogen and oxygen atoms in total. The molecule has 0 aliphatic rings. The fourth-order valence-corrected chi connectivity index (χ4v) is 2.27. The topological polar surface area (TPSA) is 83.6 Å². The number of nitrogens with zero attached hydrogens (tertiary/aromatic N) is 3. The number of halogens is 1. The van der Waals surface area contributed by atoms with Crippen LogP contribution in [0.2, 0.25) is 4.47 Å². The van der Waals surface area contributed by atoms with Crippen molar-refractivity contribution in [2.45, 2.75) is 0 Å². The zero-order valence-corrected chi connectivity index (χ0v) is 10.4. The first kappa shape index (κ1) is 11.1. The highest BCUT2D eigenvalue weighted by molar-refractivity contribution is 7.17. The summed E-state index contributed by atoms with van der Waals surface area (Å²) < 4.78 is 0.238. The van der Waals surface area contributed by atoms with E-state index in [-0.39, 0.29) is 15.4 Å². The maximum absolute atomic E-state index is 11.9. The van der Waals surface area contributed by atoms with E-state index in [1.807, 2.05) is 12.1 Å². The molecule has 2 N–H and O–H groups in total. The normalized spacial score (nSPS) is 10.7. The summed E-state index contributed by atoms with van der Waals surface area (Å²) in [5.41, 5.74) is 1.51. The predicted octanol–water partition coefficient (Wildman–Crippen LogP) is 2.32. The second-order valence-electron chi connectivity index (χ2n) is 3.45. The van der Waals surface area contributed by atoms with Crippen molar-refractivity contribution in [3.8, 4) is 0 Å². The molecule has 0 fully saturated rings. The first-order chi connectivity index (χ1) is 8.74. The Morgan fingerprint density at radius 3 is 3.06 bits per heavy atom. The molecule has 0 saturated heterocycles. The van der Waals surface area contributed by atoms with Crippen LogP contribution in [0.15, 0.2) is 24.4 Å². The van der Waals surface area contributed by atoms with Crippen LogP contribution < -0.4 is 5.32 Å². The highest BCUT2D eigenvalue weighted by Gasteiger charge is 2.13. The van der Waals surface area contributed by atoms with E-state index in [1.165, 1.54) is 0 Å². The van der Waals surface area contributed by atoms with Crippen molar-refractivity contribution in [1.82, 2.24) is 20.4 Å². The maximum atomic E-state index is 11.9. The van der Waals surface area contributed by atoms with Gasteiger partial charge in [0.1, 0.15) is 0 Å². The molecule has 3 aromatic rings. The average Bonchev–Trinajstić information content (AvgIpc) is 2.97. The number of aromatic nitrogens is 4. The van der Waals surface area contributed by atoms with Gasteiger partial charge in [0.05, 0.1) is 17.4 Å². The van der Waals surface area contributed by atoms with Crippen molar-refractivity contribution in [2.24, 2.45) is 0 Å². The lowest BCUT2D eigenvalue weighted by Gasteiger charge is -2.03. The van der Waals surface area contributed by atoms with Crippen LogP contribution in [0.25, 0.3) is 10.9 Å². The summed E-state index contributed by atoms with van der Waals surface area (Å²) in [6, 6.07) is 5.49. The Kier molecular flexibility index (Phi) is 2.69. The molecule has 0 radical (unpaired) electrons. The number of benzene rings is 1. The number of H-pyrrole nitrogens is 1. The third kappa shape index (κ3) is 1.93. The van der Waals surface area contributed by atoms with Crippen molar-refractivity contribution < 1.29 is 4.79 Å². The summed E-state index contributed by atoms with van der Waals surface area (Å²) in [7, 11) is 0. The SMILES string of the molecule is O=C(Nc1cccc2[nH]ncc12)c1nnc(Cl)s1. The smallest absolute Gasteiger partial charge is 0.286 e. The minimum Gasteiger partial charge on any atom is -0.319 e. The van der Waals surface area contributed by atoms with Gasteiger partial charge in [-0.3, -0.25) is 9.89 Å². The second kappa shape index (κ2) is 4.35. The van der Waals surface area contributed by atoms with Gasteiger partial charge in [0.2, 0.25) is 9.47 Å². The molecule has 2 aromatic heterocycles. The molecule has 0 spiro atoms. The predicted molar refractivity (Wildman–Crippen MR) is 69.0 cm³/mol. The molecule has 2 heterocycles. The van der Waals surface area contributed by atoms with E-state index in [4.69, 9.17) is 11.6 Å². The minimum atomic E-state index is -0.340. The Morgan fingerprint density at radius 1 is 1.39 bits per heavy atom. The van der Waals surface area contributed by atoms with E-state index >= 15 is 0 Å². The highest BCUT2D eigenvalue weighted by atomic mass is 35.5. The number of anilines is 1. The van der Waals surface area contributed by atoms with Gasteiger partial charge in [-0.15, -0.1) is 10.2 Å². The van der Waals surface area contributed by atoms with E-state index in [1.54, 1.807) is 12.3 Å². The molecule has 1 amide bonds. The first-order valence-corrected chi connectivity index (χ1v) is 6.16. The van der Waals surface area contributed by atoms with Gasteiger partial charge in [-0.1, -0.05) is 17.4 Å². The van der Waals surface area contributed by atoms with Crippen LogP contribution in [-0.4, -0.2) is 26.3 Å². The Hall–Kier alpha value is -1.99. The summed E-state index contributed by atoms with van der Waals surface area (Å²) in [5.74, 6) is -0.340. The average molecular weight is 280 g/mol. The fraction of sp³-hybridized carbons (Fsp3) is 0. The quantitative estimate of drug-likeness (QED) is 0.754. The number of fused-ring (bicyclic) bond motifs is 1. The molecule has 8 heteroatoms. The van der Waals surface area contributed by atoms with Gasteiger partial charge < -0.3 is 5.32 Å². The maximum Gasteiger partial charge on any atom is 0.286 e. The van der Waals surface area contributed by atoms with Crippen molar-refractivity contribution in [2.75, 3.05) is 5.32 Å². The molecule has 0 saturated carbocycles. The van der Waals surface area contributed by atoms with E-state index in [9.17, 15) is 4.79 Å². The van der Waals surface area contributed by atoms with Gasteiger partial charge >= 0.3 is 0 Å². The lowest BCUT2D eigenvalue weighted by Crippen LogP contribution is -2.11. The molecule has 90 valence electrons. The van der Waals surface area contributed by atoms with Crippen LogP contribution in [-0.2, 0) is 0 Å². The Morgan fingerprint density at radius 2 is 2.28 bits per heavy atom. The van der Waals surface area contributed by atoms with E-state index < -0.39 is 0 Å². The summed E-state index contributed by atoms with van der Waals surface area (Å²) >= 11 is 6.67. The number of aromatic amines is 1. The third-order valence-corrected chi connectivity index (χ3v) is 3.35. The van der Waals surface area contributed by atoms with Crippen LogP contribution in [0, 0.1) is 0 Å². The standard InChI is InChI=1S/C10H6ClN5OS/c11-10-16-15-9(18-10)8(17)13-6-2-1-3-7-5(6)4-12-14-7/h1-4H,(H,12,14)(H,13,17). The van der Waals surface area contributed by atoms with Gasteiger partial charge in [0.25, 0.3) is 5.91 Å². The number of hydrogen-bond acceptors (Lipinski definition) is 5. The molecule has 3 rings (SSSR count). The molecule has 0 aliphatic heterocycles. The lowest BCUT2D eigenvalue weighted by atomic mass is 10.2. The zero-order chi connectivity index (χ0) is 12.5. The van der Waals surface area contributed by atoms with Crippen LogP contribution in [0.3, 0.4) is 0 Å². The second-order valence-corrected chi connectivity index (χ2v) is 5.01. The molecule has 0 bridgehead atoms. The van der Waals surface area contributed by atoms with Gasteiger partial charge in [-0.2, -0.15) is 5.10 Å². The van der Waals surface area contributed by atoms with Gasteiger partial charge in [-0.05, 0) is 23.7 Å². The molecule has 1 aromatic carbocycles. The number of amides is 1. The number of carbonyl (C=O) groups is 1. The van der Waals surface area contributed by atoms with Crippen molar-refractivity contribution in [3.05, 3.63) is 33.9 Å². The van der Waals surface area contributed by atoms with Gasteiger partial charge in [-0.25, -0.2) is 0 Å². The summed E-state index contributed by atoms with van der Waals surface area (Å²) in [4.78, 5) is 11.9. The van der Waals surface area contributed by atoms with Crippen LogP contribution >= 0.6 is 22.9 Å². The lowest BCUT2D eigenvalue weighted by molar-refractivity contribution is 0.102. The summed E-state index contributed by atoms with van der Waals surface area (Å²) in [5, 5.41) is 17.8. The molecular formula is C10H6ClN5OS. The molecular weight excluding hydrogens is 274 g/mol. The Balaban J connectivity index is 1.92. The largest absolute Gasteiger partial charge is 0.319 e. The Bertz CT molecular complexity index is 722. The number of hydrogen-bond donors (Lipinski definition) is 2. The minimum absolute atomic E-state index is 0.223. The van der Waals surface area contributed by atoms with Gasteiger partial charge in [0.15, 0.2) is 0 Å². The van der Waals surface area contributed by atoms with E-state index in [2.05, 4.69) is 25.7 Å². The fourth-order valence-electron chi connectivity index (χ4n) is 1.55. The number of nitrogens with one attached hydrogen (secondary N) is 2. The van der Waals surface area contributed by atoms with Crippen LogP contribution in [0.1, 0.15) is 9.80 Å². The summed E-state index contributed by atoms with van der Waals surface area (Å²) in [6.07, 6.45) is 1.65.